The van der Waals surface area contributed by atoms with Gasteiger partial charge in [-0.05, 0) is 24.9 Å². The molecule has 2 aromatic rings. The maximum atomic E-state index is 13.6. The van der Waals surface area contributed by atoms with E-state index in [1.54, 1.807) is 11.9 Å². The highest BCUT2D eigenvalue weighted by atomic mass is 16.6. The molecule has 12 nitrogen and oxygen atoms in total. The molecule has 4 atom stereocenters. The molecular formula is C26H32BN5O7. The van der Waals surface area contributed by atoms with E-state index in [-0.39, 0.29) is 31.2 Å². The number of hydrogen-bond donors (Lipinski definition) is 2. The van der Waals surface area contributed by atoms with Crippen LogP contribution in [0.4, 0.5) is 0 Å². The molecule has 0 spiro atoms. The summed E-state index contributed by atoms with van der Waals surface area (Å²) in [5.74, 6) is -3.14. The van der Waals surface area contributed by atoms with Crippen molar-refractivity contribution in [2.45, 2.75) is 50.8 Å². The van der Waals surface area contributed by atoms with Crippen molar-refractivity contribution in [1.29, 1.82) is 0 Å². The molecule has 0 saturated carbocycles. The summed E-state index contributed by atoms with van der Waals surface area (Å²) in [7, 11) is 0.295. The van der Waals surface area contributed by atoms with E-state index in [1.807, 2.05) is 44.2 Å². The number of fused-ring (bicyclic) bond motifs is 2. The molecule has 2 fully saturated rings. The number of nitrogens with one attached hydrogen (secondary N) is 2. The first kappa shape index (κ1) is 28.2. The van der Waals surface area contributed by atoms with E-state index >= 15 is 0 Å². The van der Waals surface area contributed by atoms with Crippen LogP contribution < -0.4 is 10.6 Å². The van der Waals surface area contributed by atoms with Crippen LogP contribution in [0.5, 0.6) is 0 Å². The Morgan fingerprint density at radius 1 is 1.05 bits per heavy atom. The molecule has 13 heteroatoms. The topological polar surface area (TPSA) is 149 Å². The monoisotopic (exact) mass is 537 g/mol. The lowest BCUT2D eigenvalue weighted by molar-refractivity contribution is -0.166. The first-order valence-corrected chi connectivity index (χ1v) is 12.8. The quantitative estimate of drug-likeness (QED) is 0.424. The maximum absolute atomic E-state index is 13.6. The van der Waals surface area contributed by atoms with Gasteiger partial charge in [0.2, 0.25) is 5.91 Å². The minimum Gasteiger partial charge on any atom is -0.497 e. The van der Waals surface area contributed by atoms with Gasteiger partial charge in [-0.2, -0.15) is 0 Å². The first-order chi connectivity index (χ1) is 18.7. The van der Waals surface area contributed by atoms with Crippen LogP contribution in [0.25, 0.3) is 0 Å². The number of morpholine rings is 1. The van der Waals surface area contributed by atoms with Gasteiger partial charge in [-0.3, -0.25) is 29.1 Å². The number of amides is 2. The van der Waals surface area contributed by atoms with Crippen molar-refractivity contribution < 1.29 is 33.2 Å². The Kier molecular flexibility index (Phi) is 9.26. The van der Waals surface area contributed by atoms with Crippen molar-refractivity contribution in [3.8, 4) is 0 Å². The number of rotatable bonds is 9. The lowest BCUT2D eigenvalue weighted by Crippen LogP contribution is -2.64. The second kappa shape index (κ2) is 12.8. The Balaban J connectivity index is 1.56. The van der Waals surface area contributed by atoms with Gasteiger partial charge in [-0.15, -0.1) is 0 Å². The number of carbonyl (C=O) groups is 4. The highest BCUT2D eigenvalue weighted by molar-refractivity contribution is 6.51. The van der Waals surface area contributed by atoms with Gasteiger partial charge in [0.1, 0.15) is 23.8 Å². The third-order valence-electron chi connectivity index (χ3n) is 6.63. The van der Waals surface area contributed by atoms with E-state index in [9.17, 15) is 19.2 Å². The highest BCUT2D eigenvalue weighted by Crippen LogP contribution is 2.21. The first-order valence-electron chi connectivity index (χ1n) is 12.8. The number of carbonyl (C=O) groups excluding carboxylic acids is 4. The van der Waals surface area contributed by atoms with Crippen LogP contribution in [0.1, 0.15) is 36.3 Å². The van der Waals surface area contributed by atoms with Crippen LogP contribution in [-0.2, 0) is 34.9 Å². The second-order valence-corrected chi connectivity index (χ2v) is 10.0. The molecule has 2 bridgehead atoms. The van der Waals surface area contributed by atoms with Gasteiger partial charge in [0.15, 0.2) is 0 Å². The van der Waals surface area contributed by atoms with Crippen LogP contribution in [-0.4, -0.2) is 90.1 Å². The fourth-order valence-corrected chi connectivity index (χ4v) is 4.52. The molecule has 0 radical (unpaired) electrons. The molecule has 206 valence electrons. The summed E-state index contributed by atoms with van der Waals surface area (Å²) in [4.78, 5) is 61.9. The predicted molar refractivity (Wildman–Crippen MR) is 139 cm³/mol. The van der Waals surface area contributed by atoms with E-state index < -0.39 is 54.9 Å². The Morgan fingerprint density at radius 3 is 2.31 bits per heavy atom. The van der Waals surface area contributed by atoms with Crippen LogP contribution >= 0.6 is 0 Å². The van der Waals surface area contributed by atoms with Crippen molar-refractivity contribution in [1.82, 2.24) is 25.5 Å². The minimum atomic E-state index is -1.35. The van der Waals surface area contributed by atoms with E-state index in [4.69, 9.17) is 14.0 Å². The average Bonchev–Trinajstić information content (AvgIpc) is 2.92. The molecule has 3 heterocycles. The van der Waals surface area contributed by atoms with Crippen molar-refractivity contribution in [3.63, 3.8) is 0 Å². The summed E-state index contributed by atoms with van der Waals surface area (Å²) in [6.07, 6.45) is 4.66. The minimum absolute atomic E-state index is 0.0467. The van der Waals surface area contributed by atoms with E-state index in [1.165, 1.54) is 18.6 Å². The van der Waals surface area contributed by atoms with Gasteiger partial charge < -0.3 is 24.7 Å². The molecule has 1 aromatic heterocycles. The van der Waals surface area contributed by atoms with Gasteiger partial charge in [0.05, 0.1) is 25.4 Å². The number of hydrogen-bond acceptors (Lipinski definition) is 10. The SMILES string of the molecule is CC(C)CC(NC(=O)C(Cc1ccccc1)NC(=O)c1cnccn1)B1OC(=O)[C@H]2COC[C@@H](C(=O)O1)N2C. The molecule has 1 aromatic carbocycles. The van der Waals surface area contributed by atoms with Crippen LogP contribution in [0.15, 0.2) is 48.9 Å². The molecule has 2 amide bonds. The van der Waals surface area contributed by atoms with E-state index in [2.05, 4.69) is 20.6 Å². The summed E-state index contributed by atoms with van der Waals surface area (Å²) in [6.45, 7) is 4.03. The number of benzene rings is 1. The molecule has 39 heavy (non-hydrogen) atoms. The zero-order valence-corrected chi connectivity index (χ0v) is 22.1. The van der Waals surface area contributed by atoms with Gasteiger partial charge in [0, 0.05) is 18.8 Å². The fraction of sp³-hybridized carbons (Fsp3) is 0.462. The van der Waals surface area contributed by atoms with Crippen LogP contribution in [0.3, 0.4) is 0 Å². The molecule has 2 aliphatic rings. The van der Waals surface area contributed by atoms with E-state index in [0.717, 1.165) is 5.56 Å². The average molecular weight is 537 g/mol. The standard InChI is InChI=1S/C26H32BN5O7/c1-16(2)11-22(27-38-25(35)20-14-37-15-21(32(20)3)26(36)39-27)31-23(33)18(12-17-7-5-4-6-8-17)30-24(34)19-13-28-9-10-29-19/h4-10,13,16,18,20-22H,11-12,14-15H2,1-3H3,(H,30,34)(H,31,33)/t18?,20-,21+,22?. The molecular weight excluding hydrogens is 505 g/mol. The zero-order valence-electron chi connectivity index (χ0n) is 22.1. The molecule has 2 N–H and O–H groups in total. The molecule has 2 saturated heterocycles. The van der Waals surface area contributed by atoms with Crippen molar-refractivity contribution in [3.05, 3.63) is 60.2 Å². The number of nitrogens with zero attached hydrogens (tertiary/aromatic N) is 3. The maximum Gasteiger partial charge on any atom is 0.622 e. The van der Waals surface area contributed by atoms with Crippen molar-refractivity contribution in [2.24, 2.45) is 5.92 Å². The van der Waals surface area contributed by atoms with Gasteiger partial charge in [-0.1, -0.05) is 44.2 Å². The van der Waals surface area contributed by atoms with Gasteiger partial charge >= 0.3 is 19.1 Å². The number of likely N-dealkylation sites (N-methyl/N-ethyl adjacent to an activating group) is 1. The summed E-state index contributed by atoms with van der Waals surface area (Å²) in [5, 5.41) is 5.60. The second-order valence-electron chi connectivity index (χ2n) is 10.0. The number of ether oxygens (including phenoxy) is 1. The Morgan fingerprint density at radius 2 is 1.72 bits per heavy atom. The molecule has 2 unspecified atom stereocenters. The molecule has 4 rings (SSSR count). The fourth-order valence-electron chi connectivity index (χ4n) is 4.52. The predicted octanol–water partition coefficient (Wildman–Crippen LogP) is 0.175. The van der Waals surface area contributed by atoms with E-state index in [0.29, 0.717) is 6.42 Å². The zero-order chi connectivity index (χ0) is 27.9. The summed E-state index contributed by atoms with van der Waals surface area (Å²) in [5.41, 5.74) is 0.875. The van der Waals surface area contributed by atoms with Crippen LogP contribution in [0, 0.1) is 5.92 Å². The third kappa shape index (κ3) is 7.18. The van der Waals surface area contributed by atoms with Gasteiger partial charge in [0.25, 0.3) is 5.91 Å². The highest BCUT2D eigenvalue weighted by Gasteiger charge is 2.48. The normalized spacial score (nSPS) is 21.2. The Labute approximate surface area is 226 Å². The Bertz CT molecular complexity index is 1140. The van der Waals surface area contributed by atoms with Crippen molar-refractivity contribution in [2.75, 3.05) is 20.3 Å². The largest absolute Gasteiger partial charge is 0.622 e. The lowest BCUT2D eigenvalue weighted by atomic mass is 9.73. The Hall–Kier alpha value is -3.84. The van der Waals surface area contributed by atoms with Crippen molar-refractivity contribution >= 4 is 30.9 Å². The summed E-state index contributed by atoms with van der Waals surface area (Å²) >= 11 is 0. The summed E-state index contributed by atoms with van der Waals surface area (Å²) in [6, 6.07) is 6.66. The summed E-state index contributed by atoms with van der Waals surface area (Å²) < 4.78 is 16.6. The third-order valence-corrected chi connectivity index (χ3v) is 6.63. The smallest absolute Gasteiger partial charge is 0.497 e. The lowest BCUT2D eigenvalue weighted by Gasteiger charge is -2.40. The number of aromatic nitrogens is 2. The van der Waals surface area contributed by atoms with Crippen LogP contribution in [0.2, 0.25) is 0 Å². The van der Waals surface area contributed by atoms with Gasteiger partial charge in [-0.25, -0.2) is 4.98 Å². The molecule has 2 aliphatic heterocycles. The molecule has 0 aliphatic carbocycles.